The SMILES string of the molecule is O=C(NCCCc1cccc(Br)c1)c1n[nH]c(=O)[nH]1. The predicted octanol–water partition coefficient (Wildman–Crippen LogP) is 1.22. The maximum atomic E-state index is 11.6. The highest BCUT2D eigenvalue weighted by Crippen LogP contribution is 2.12. The number of H-pyrrole nitrogens is 2. The van der Waals surface area contributed by atoms with E-state index in [4.69, 9.17) is 0 Å². The van der Waals surface area contributed by atoms with E-state index in [0.717, 1.165) is 17.3 Å². The molecule has 100 valence electrons. The van der Waals surface area contributed by atoms with E-state index in [1.807, 2.05) is 24.3 Å². The first-order valence-corrected chi connectivity index (χ1v) is 6.62. The van der Waals surface area contributed by atoms with Crippen LogP contribution in [0.25, 0.3) is 0 Å². The topological polar surface area (TPSA) is 90.6 Å². The smallest absolute Gasteiger partial charge is 0.341 e. The van der Waals surface area contributed by atoms with Gasteiger partial charge in [0.25, 0.3) is 5.91 Å². The first-order chi connectivity index (χ1) is 9.15. The summed E-state index contributed by atoms with van der Waals surface area (Å²) in [7, 11) is 0. The molecule has 0 aliphatic heterocycles. The maximum absolute atomic E-state index is 11.6. The Kier molecular flexibility index (Phi) is 4.51. The normalized spacial score (nSPS) is 10.4. The van der Waals surface area contributed by atoms with Crippen LogP contribution in [0.1, 0.15) is 22.6 Å². The highest BCUT2D eigenvalue weighted by Gasteiger charge is 2.08. The Morgan fingerprint density at radius 2 is 2.26 bits per heavy atom. The van der Waals surface area contributed by atoms with Crippen LogP contribution in [0.4, 0.5) is 0 Å². The zero-order valence-electron chi connectivity index (χ0n) is 10.1. The molecule has 0 bridgehead atoms. The minimum Gasteiger partial charge on any atom is -0.349 e. The van der Waals surface area contributed by atoms with Gasteiger partial charge in [0.1, 0.15) is 0 Å². The van der Waals surface area contributed by atoms with E-state index in [1.165, 1.54) is 5.56 Å². The molecule has 7 heteroatoms. The van der Waals surface area contributed by atoms with Crippen LogP contribution in [0.15, 0.2) is 33.5 Å². The second kappa shape index (κ2) is 6.33. The number of aromatic nitrogens is 3. The van der Waals surface area contributed by atoms with Crippen LogP contribution in [-0.2, 0) is 6.42 Å². The van der Waals surface area contributed by atoms with Crippen molar-refractivity contribution in [3.05, 3.63) is 50.6 Å². The largest absolute Gasteiger partial charge is 0.349 e. The zero-order chi connectivity index (χ0) is 13.7. The lowest BCUT2D eigenvalue weighted by atomic mass is 10.1. The molecule has 0 aliphatic rings. The van der Waals surface area contributed by atoms with Crippen LogP contribution < -0.4 is 11.0 Å². The lowest BCUT2D eigenvalue weighted by Gasteiger charge is -2.03. The van der Waals surface area contributed by atoms with Crippen molar-refractivity contribution in [2.75, 3.05) is 6.54 Å². The fourth-order valence-electron chi connectivity index (χ4n) is 1.65. The number of hydrogen-bond acceptors (Lipinski definition) is 3. The molecule has 1 aromatic carbocycles. The number of amides is 1. The van der Waals surface area contributed by atoms with Crippen LogP contribution in [0, 0.1) is 0 Å². The summed E-state index contributed by atoms with van der Waals surface area (Å²) in [5.41, 5.74) is 0.719. The average molecular weight is 325 g/mol. The number of carbonyl (C=O) groups is 1. The summed E-state index contributed by atoms with van der Waals surface area (Å²) >= 11 is 3.41. The number of nitrogens with zero attached hydrogens (tertiary/aromatic N) is 1. The molecule has 0 saturated carbocycles. The summed E-state index contributed by atoms with van der Waals surface area (Å²) < 4.78 is 1.04. The Morgan fingerprint density at radius 1 is 1.42 bits per heavy atom. The minimum atomic E-state index is -0.487. The number of benzene rings is 1. The van der Waals surface area contributed by atoms with E-state index in [2.05, 4.69) is 36.4 Å². The Labute approximate surface area is 117 Å². The third-order valence-electron chi connectivity index (χ3n) is 2.53. The molecule has 0 saturated heterocycles. The third-order valence-corrected chi connectivity index (χ3v) is 3.03. The van der Waals surface area contributed by atoms with Crippen molar-refractivity contribution in [1.82, 2.24) is 20.5 Å². The lowest BCUT2D eigenvalue weighted by Crippen LogP contribution is -2.26. The van der Waals surface area contributed by atoms with Crippen molar-refractivity contribution in [3.8, 4) is 0 Å². The maximum Gasteiger partial charge on any atom is 0.341 e. The van der Waals surface area contributed by atoms with Crippen molar-refractivity contribution in [2.45, 2.75) is 12.8 Å². The lowest BCUT2D eigenvalue weighted by molar-refractivity contribution is 0.0943. The van der Waals surface area contributed by atoms with E-state index in [1.54, 1.807) is 0 Å². The van der Waals surface area contributed by atoms with Crippen molar-refractivity contribution in [3.63, 3.8) is 0 Å². The van der Waals surface area contributed by atoms with Gasteiger partial charge in [-0.15, -0.1) is 5.10 Å². The Hall–Kier alpha value is -1.89. The minimum absolute atomic E-state index is 0.00690. The Morgan fingerprint density at radius 3 is 2.95 bits per heavy atom. The first kappa shape index (κ1) is 13.5. The van der Waals surface area contributed by atoms with Crippen LogP contribution in [0.3, 0.4) is 0 Å². The van der Waals surface area contributed by atoms with E-state index in [9.17, 15) is 9.59 Å². The summed E-state index contributed by atoms with van der Waals surface area (Å²) in [4.78, 5) is 24.6. The fourth-order valence-corrected chi connectivity index (χ4v) is 2.09. The molecular formula is C12H13BrN4O2. The summed E-state index contributed by atoms with van der Waals surface area (Å²) in [6.45, 7) is 0.528. The van der Waals surface area contributed by atoms with Gasteiger partial charge in [-0.25, -0.2) is 9.89 Å². The van der Waals surface area contributed by atoms with Gasteiger partial charge in [0.15, 0.2) is 0 Å². The first-order valence-electron chi connectivity index (χ1n) is 5.82. The van der Waals surface area contributed by atoms with Crippen molar-refractivity contribution >= 4 is 21.8 Å². The van der Waals surface area contributed by atoms with Crippen LogP contribution in [-0.4, -0.2) is 27.6 Å². The van der Waals surface area contributed by atoms with Crippen molar-refractivity contribution < 1.29 is 4.79 Å². The fraction of sp³-hybridized carbons (Fsp3) is 0.250. The summed E-state index contributed by atoms with van der Waals surface area (Å²) in [5, 5.41) is 8.39. The monoisotopic (exact) mass is 324 g/mol. The van der Waals surface area contributed by atoms with Crippen LogP contribution in [0.5, 0.6) is 0 Å². The molecule has 2 rings (SSSR count). The van der Waals surface area contributed by atoms with Gasteiger partial charge in [-0.3, -0.25) is 9.78 Å². The van der Waals surface area contributed by atoms with Gasteiger partial charge in [0, 0.05) is 11.0 Å². The number of carbonyl (C=O) groups excluding carboxylic acids is 1. The quantitative estimate of drug-likeness (QED) is 0.722. The second-order valence-electron chi connectivity index (χ2n) is 4.02. The summed E-state index contributed by atoms with van der Waals surface area (Å²) in [6.07, 6.45) is 1.69. The molecule has 0 radical (unpaired) electrons. The number of nitrogens with one attached hydrogen (secondary N) is 3. The molecule has 0 atom stereocenters. The Balaban J connectivity index is 1.75. The van der Waals surface area contributed by atoms with E-state index < -0.39 is 5.69 Å². The van der Waals surface area contributed by atoms with Crippen LogP contribution >= 0.6 is 15.9 Å². The van der Waals surface area contributed by atoms with Crippen molar-refractivity contribution in [1.29, 1.82) is 0 Å². The molecule has 0 fully saturated rings. The summed E-state index contributed by atoms with van der Waals surface area (Å²) in [5.74, 6) is -0.375. The second-order valence-corrected chi connectivity index (χ2v) is 4.93. The standard InChI is InChI=1S/C12H13BrN4O2/c13-9-5-1-3-8(7-9)4-2-6-14-11(18)10-15-12(19)17-16-10/h1,3,5,7H,2,4,6H2,(H,14,18)(H2,15,16,17,19). The predicted molar refractivity (Wildman–Crippen MR) is 74.0 cm³/mol. The average Bonchev–Trinajstić information content (AvgIpc) is 2.81. The molecule has 2 aromatic rings. The van der Waals surface area contributed by atoms with E-state index >= 15 is 0 Å². The van der Waals surface area contributed by atoms with E-state index in [0.29, 0.717) is 6.54 Å². The molecule has 1 aromatic heterocycles. The zero-order valence-corrected chi connectivity index (χ0v) is 11.7. The number of halogens is 1. The molecule has 0 unspecified atom stereocenters. The van der Waals surface area contributed by atoms with Gasteiger partial charge in [0.05, 0.1) is 0 Å². The molecule has 19 heavy (non-hydrogen) atoms. The van der Waals surface area contributed by atoms with Crippen LogP contribution in [0.2, 0.25) is 0 Å². The molecule has 0 spiro atoms. The van der Waals surface area contributed by atoms with Gasteiger partial charge >= 0.3 is 5.69 Å². The third kappa shape index (κ3) is 4.06. The molecule has 1 heterocycles. The Bertz CT molecular complexity index is 620. The molecule has 0 aliphatic carbocycles. The van der Waals surface area contributed by atoms with Gasteiger partial charge in [-0.1, -0.05) is 28.1 Å². The molecule has 1 amide bonds. The number of aryl methyl sites for hydroxylation is 1. The van der Waals surface area contributed by atoms with Gasteiger partial charge in [0.2, 0.25) is 5.82 Å². The molecule has 3 N–H and O–H groups in total. The van der Waals surface area contributed by atoms with Crippen molar-refractivity contribution in [2.24, 2.45) is 0 Å². The summed E-state index contributed by atoms with van der Waals surface area (Å²) in [6, 6.07) is 8.04. The number of hydrogen-bond donors (Lipinski definition) is 3. The number of rotatable bonds is 5. The molecule has 6 nitrogen and oxygen atoms in total. The van der Waals surface area contributed by atoms with Gasteiger partial charge in [-0.2, -0.15) is 0 Å². The highest BCUT2D eigenvalue weighted by molar-refractivity contribution is 9.10. The number of aromatic amines is 2. The molecular weight excluding hydrogens is 312 g/mol. The van der Waals surface area contributed by atoms with Gasteiger partial charge < -0.3 is 5.32 Å². The van der Waals surface area contributed by atoms with Gasteiger partial charge in [-0.05, 0) is 30.5 Å². The highest BCUT2D eigenvalue weighted by atomic mass is 79.9. The van der Waals surface area contributed by atoms with E-state index in [-0.39, 0.29) is 11.7 Å².